The Morgan fingerprint density at radius 2 is 2.21 bits per heavy atom. The minimum Gasteiger partial charge on any atom is -0.369 e. The van der Waals surface area contributed by atoms with Crippen LogP contribution in [0.1, 0.15) is 56.3 Å². The highest BCUT2D eigenvalue weighted by molar-refractivity contribution is 5.85. The standard InChI is InChI=1S/C18H24N4O2/c1-3-4-9-17-20-16(21-24-17)11-22-12(2)10-14(18(19)23)13-7-5-6-8-15(13)22/h5-8,12,14H,3-4,9-11H2,1-2H3,(H2,19,23)/t12-,14-/m1/s1. The van der Waals surface area contributed by atoms with Gasteiger partial charge < -0.3 is 15.2 Å². The number of rotatable bonds is 6. The largest absolute Gasteiger partial charge is 0.369 e. The zero-order valence-corrected chi connectivity index (χ0v) is 14.2. The van der Waals surface area contributed by atoms with Gasteiger partial charge in [0.1, 0.15) is 0 Å². The van der Waals surface area contributed by atoms with E-state index in [0.717, 1.165) is 30.5 Å². The first-order chi connectivity index (χ1) is 11.6. The van der Waals surface area contributed by atoms with E-state index in [4.69, 9.17) is 10.3 Å². The Kier molecular flexibility index (Phi) is 4.83. The number of unbranched alkanes of at least 4 members (excludes halogenated alkanes) is 1. The molecule has 0 spiro atoms. The number of nitrogens with two attached hydrogens (primary N) is 1. The molecular weight excluding hydrogens is 304 g/mol. The molecule has 128 valence electrons. The molecule has 0 saturated carbocycles. The molecule has 6 nitrogen and oxygen atoms in total. The molecule has 3 rings (SSSR count). The molecule has 2 atom stereocenters. The van der Waals surface area contributed by atoms with Gasteiger partial charge in [0.15, 0.2) is 5.82 Å². The number of amides is 1. The second kappa shape index (κ2) is 7.03. The first-order valence-electron chi connectivity index (χ1n) is 8.56. The number of benzene rings is 1. The third-order valence-electron chi connectivity index (χ3n) is 4.64. The lowest BCUT2D eigenvalue weighted by Crippen LogP contribution is -2.41. The number of carbonyl (C=O) groups excluding carboxylic acids is 1. The normalized spacial score (nSPS) is 20.0. The molecule has 2 aromatic rings. The van der Waals surface area contributed by atoms with E-state index < -0.39 is 0 Å². The number of para-hydroxylation sites is 1. The van der Waals surface area contributed by atoms with E-state index in [1.165, 1.54) is 0 Å². The molecule has 0 fully saturated rings. The van der Waals surface area contributed by atoms with Crippen LogP contribution in [-0.4, -0.2) is 22.1 Å². The fourth-order valence-electron chi connectivity index (χ4n) is 3.32. The van der Waals surface area contributed by atoms with Crippen LogP contribution in [0.15, 0.2) is 28.8 Å². The second-order valence-corrected chi connectivity index (χ2v) is 6.43. The number of aryl methyl sites for hydroxylation is 1. The highest BCUT2D eigenvalue weighted by Crippen LogP contribution is 2.38. The van der Waals surface area contributed by atoms with Crippen LogP contribution in [-0.2, 0) is 17.8 Å². The van der Waals surface area contributed by atoms with Crippen LogP contribution >= 0.6 is 0 Å². The van der Waals surface area contributed by atoms with Crippen LogP contribution < -0.4 is 10.6 Å². The van der Waals surface area contributed by atoms with E-state index >= 15 is 0 Å². The van der Waals surface area contributed by atoms with Gasteiger partial charge in [0.25, 0.3) is 0 Å². The summed E-state index contributed by atoms with van der Waals surface area (Å²) in [7, 11) is 0. The van der Waals surface area contributed by atoms with Crippen molar-refractivity contribution in [3.05, 3.63) is 41.5 Å². The molecule has 24 heavy (non-hydrogen) atoms. The van der Waals surface area contributed by atoms with Gasteiger partial charge in [-0.1, -0.05) is 36.7 Å². The quantitative estimate of drug-likeness (QED) is 0.881. The van der Waals surface area contributed by atoms with Crippen LogP contribution in [0.4, 0.5) is 5.69 Å². The van der Waals surface area contributed by atoms with E-state index in [2.05, 4.69) is 28.9 Å². The second-order valence-electron chi connectivity index (χ2n) is 6.43. The van der Waals surface area contributed by atoms with Crippen molar-refractivity contribution in [2.24, 2.45) is 5.73 Å². The molecular formula is C18H24N4O2. The number of anilines is 1. The number of aromatic nitrogens is 2. The number of nitrogens with zero attached hydrogens (tertiary/aromatic N) is 3. The molecule has 0 aliphatic carbocycles. The monoisotopic (exact) mass is 328 g/mol. The van der Waals surface area contributed by atoms with E-state index in [-0.39, 0.29) is 17.9 Å². The van der Waals surface area contributed by atoms with Gasteiger partial charge in [-0.3, -0.25) is 4.79 Å². The van der Waals surface area contributed by atoms with Crippen molar-refractivity contribution in [2.75, 3.05) is 4.90 Å². The highest BCUT2D eigenvalue weighted by Gasteiger charge is 2.33. The average Bonchev–Trinajstić information content (AvgIpc) is 3.02. The molecule has 1 aromatic carbocycles. The number of primary amides is 1. The Morgan fingerprint density at radius 3 is 2.96 bits per heavy atom. The molecule has 0 saturated heterocycles. The van der Waals surface area contributed by atoms with Crippen LogP contribution in [0.25, 0.3) is 0 Å². The van der Waals surface area contributed by atoms with Crippen molar-refractivity contribution in [3.63, 3.8) is 0 Å². The molecule has 1 aliphatic rings. The lowest BCUT2D eigenvalue weighted by molar-refractivity contribution is -0.119. The lowest BCUT2D eigenvalue weighted by atomic mass is 9.85. The Balaban J connectivity index is 1.83. The van der Waals surface area contributed by atoms with Crippen LogP contribution in [0.2, 0.25) is 0 Å². The van der Waals surface area contributed by atoms with Gasteiger partial charge in [0, 0.05) is 18.2 Å². The summed E-state index contributed by atoms with van der Waals surface area (Å²) >= 11 is 0. The van der Waals surface area contributed by atoms with Gasteiger partial charge >= 0.3 is 0 Å². The third-order valence-corrected chi connectivity index (χ3v) is 4.64. The van der Waals surface area contributed by atoms with Crippen molar-refractivity contribution in [3.8, 4) is 0 Å². The van der Waals surface area contributed by atoms with Gasteiger partial charge in [0.05, 0.1) is 12.5 Å². The van der Waals surface area contributed by atoms with Crippen molar-refractivity contribution < 1.29 is 9.32 Å². The maximum Gasteiger partial charge on any atom is 0.226 e. The number of hydrogen-bond donors (Lipinski definition) is 1. The molecule has 6 heteroatoms. The Morgan fingerprint density at radius 1 is 1.42 bits per heavy atom. The summed E-state index contributed by atoms with van der Waals surface area (Å²) in [6.45, 7) is 4.81. The minimum atomic E-state index is -0.268. The summed E-state index contributed by atoms with van der Waals surface area (Å²) in [4.78, 5) is 18.5. The van der Waals surface area contributed by atoms with E-state index in [9.17, 15) is 4.79 Å². The Bertz CT molecular complexity index is 713. The van der Waals surface area contributed by atoms with Crippen molar-refractivity contribution in [1.82, 2.24) is 10.1 Å². The van der Waals surface area contributed by atoms with Crippen LogP contribution in [0.3, 0.4) is 0 Å². The molecule has 2 heterocycles. The summed E-state index contributed by atoms with van der Waals surface area (Å²) in [5, 5.41) is 4.11. The Labute approximate surface area is 142 Å². The average molecular weight is 328 g/mol. The first-order valence-corrected chi connectivity index (χ1v) is 8.56. The molecule has 1 amide bonds. The van der Waals surface area contributed by atoms with Gasteiger partial charge in [0.2, 0.25) is 11.8 Å². The zero-order chi connectivity index (χ0) is 17.1. The molecule has 0 radical (unpaired) electrons. The van der Waals surface area contributed by atoms with Crippen molar-refractivity contribution in [1.29, 1.82) is 0 Å². The van der Waals surface area contributed by atoms with Crippen molar-refractivity contribution in [2.45, 2.75) is 58.0 Å². The van der Waals surface area contributed by atoms with Gasteiger partial charge in [-0.25, -0.2) is 0 Å². The van der Waals surface area contributed by atoms with Crippen LogP contribution in [0.5, 0.6) is 0 Å². The van der Waals surface area contributed by atoms with E-state index in [0.29, 0.717) is 24.7 Å². The number of hydrogen-bond acceptors (Lipinski definition) is 5. The summed E-state index contributed by atoms with van der Waals surface area (Å²) in [5.41, 5.74) is 7.61. The fraction of sp³-hybridized carbons (Fsp3) is 0.500. The third kappa shape index (κ3) is 3.27. The fourth-order valence-corrected chi connectivity index (χ4v) is 3.32. The first kappa shape index (κ1) is 16.5. The summed E-state index contributed by atoms with van der Waals surface area (Å²) in [5.74, 6) is 0.869. The lowest BCUT2D eigenvalue weighted by Gasteiger charge is -2.39. The predicted octanol–water partition coefficient (Wildman–Crippen LogP) is 2.78. The van der Waals surface area contributed by atoms with Crippen molar-refractivity contribution >= 4 is 11.6 Å². The Hall–Kier alpha value is -2.37. The van der Waals surface area contributed by atoms with Gasteiger partial charge in [-0.05, 0) is 31.4 Å². The van der Waals surface area contributed by atoms with Crippen LogP contribution in [0, 0.1) is 0 Å². The summed E-state index contributed by atoms with van der Waals surface area (Å²) < 4.78 is 5.33. The maximum absolute atomic E-state index is 11.8. The highest BCUT2D eigenvalue weighted by atomic mass is 16.5. The van der Waals surface area contributed by atoms with E-state index in [1.807, 2.05) is 24.3 Å². The SMILES string of the molecule is CCCCc1nc(CN2c3ccccc3[C@H](C(N)=O)C[C@H]2C)no1. The smallest absolute Gasteiger partial charge is 0.226 e. The van der Waals surface area contributed by atoms with E-state index in [1.54, 1.807) is 0 Å². The molecule has 1 aliphatic heterocycles. The number of carbonyl (C=O) groups is 1. The maximum atomic E-state index is 11.8. The summed E-state index contributed by atoms with van der Waals surface area (Å²) in [6, 6.07) is 8.10. The zero-order valence-electron chi connectivity index (χ0n) is 14.2. The molecule has 0 bridgehead atoms. The molecule has 1 aromatic heterocycles. The van der Waals surface area contributed by atoms with Gasteiger partial charge in [-0.15, -0.1) is 0 Å². The topological polar surface area (TPSA) is 85.3 Å². The minimum absolute atomic E-state index is 0.176. The number of fused-ring (bicyclic) bond motifs is 1. The predicted molar refractivity (Wildman–Crippen MR) is 91.5 cm³/mol. The summed E-state index contributed by atoms with van der Waals surface area (Å²) in [6.07, 6.45) is 3.67. The molecule has 0 unspecified atom stereocenters. The van der Waals surface area contributed by atoms with Gasteiger partial charge in [-0.2, -0.15) is 4.98 Å². The molecule has 2 N–H and O–H groups in total.